The molecule has 2 heterocycles. The van der Waals surface area contributed by atoms with Crippen LogP contribution in [0.4, 0.5) is 0 Å². The molecule has 1 aliphatic rings. The molecule has 8 nitrogen and oxygen atoms in total. The Morgan fingerprint density at radius 3 is 2.73 bits per heavy atom. The third-order valence-electron chi connectivity index (χ3n) is 5.65. The van der Waals surface area contributed by atoms with Crippen LogP contribution in [0.2, 0.25) is 0 Å². The first kappa shape index (κ1) is 25.8. The van der Waals surface area contributed by atoms with Gasteiger partial charge in [-0.15, -0.1) is 0 Å². The van der Waals surface area contributed by atoms with Gasteiger partial charge in [-0.05, 0) is 48.7 Å². The predicted molar refractivity (Wildman–Crippen MR) is 145 cm³/mol. The second-order valence-electron chi connectivity index (χ2n) is 8.51. The van der Waals surface area contributed by atoms with Gasteiger partial charge in [0.15, 0.2) is 0 Å². The summed E-state index contributed by atoms with van der Waals surface area (Å²) in [5, 5.41) is 23.1. The maximum atomic E-state index is 12.6. The number of benzene rings is 2. The van der Waals surface area contributed by atoms with Crippen LogP contribution in [-0.4, -0.2) is 52.6 Å². The zero-order valence-electron chi connectivity index (χ0n) is 20.6. The van der Waals surface area contributed by atoms with Crippen molar-refractivity contribution in [3.8, 4) is 17.3 Å². The minimum atomic E-state index is -0.936. The predicted octanol–water partition coefficient (Wildman–Crippen LogP) is 3.73. The Morgan fingerprint density at radius 1 is 1.08 bits per heavy atom. The highest BCUT2D eigenvalue weighted by Gasteiger charge is 2.09. The van der Waals surface area contributed by atoms with Crippen LogP contribution in [0.15, 0.2) is 88.4 Å². The summed E-state index contributed by atoms with van der Waals surface area (Å²) in [4.78, 5) is 21.1. The maximum Gasteiger partial charge on any atom is 0.310 e. The Labute approximate surface area is 215 Å². The van der Waals surface area contributed by atoms with E-state index in [-0.39, 0.29) is 18.8 Å². The summed E-state index contributed by atoms with van der Waals surface area (Å²) in [6, 6.07) is 21.7. The second kappa shape index (κ2) is 12.6. The van der Waals surface area contributed by atoms with Crippen molar-refractivity contribution in [1.29, 1.82) is 0 Å². The molecule has 0 amide bonds. The lowest BCUT2D eigenvalue weighted by Gasteiger charge is -2.13. The zero-order chi connectivity index (χ0) is 26.0. The Hall–Kier alpha value is -4.32. The van der Waals surface area contributed by atoms with Crippen molar-refractivity contribution in [2.45, 2.75) is 25.5 Å². The Bertz CT molecular complexity index is 1460. The molecule has 0 saturated heterocycles. The average molecular weight is 498 g/mol. The van der Waals surface area contributed by atoms with E-state index in [1.165, 1.54) is 10.7 Å². The van der Waals surface area contributed by atoms with Gasteiger partial charge in [0.05, 0.1) is 30.8 Å². The van der Waals surface area contributed by atoms with E-state index in [2.05, 4.69) is 27.1 Å². The summed E-state index contributed by atoms with van der Waals surface area (Å²) >= 11 is 0. The van der Waals surface area contributed by atoms with Crippen LogP contribution >= 0.6 is 0 Å². The summed E-state index contributed by atoms with van der Waals surface area (Å²) in [6.07, 6.45) is 6.18. The lowest BCUT2D eigenvalue weighted by Crippen LogP contribution is -2.22. The molecule has 2 N–H and O–H groups in total. The summed E-state index contributed by atoms with van der Waals surface area (Å²) in [6.45, 7) is -0.0482. The molecule has 0 bridgehead atoms. The zero-order valence-corrected chi connectivity index (χ0v) is 20.6. The van der Waals surface area contributed by atoms with Gasteiger partial charge in [-0.3, -0.25) is 9.79 Å². The molecule has 1 aliphatic heterocycles. The van der Waals surface area contributed by atoms with Crippen molar-refractivity contribution in [1.82, 2.24) is 9.78 Å². The smallest absolute Gasteiger partial charge is 0.310 e. The van der Waals surface area contributed by atoms with Crippen LogP contribution < -0.4 is 5.56 Å². The molecule has 1 aromatic heterocycles. The van der Waals surface area contributed by atoms with Crippen LogP contribution in [0.25, 0.3) is 21.8 Å². The van der Waals surface area contributed by atoms with Gasteiger partial charge in [0.2, 0.25) is 0 Å². The maximum absolute atomic E-state index is 12.6. The number of aliphatic hydroxyl groups is 2. The van der Waals surface area contributed by atoms with Gasteiger partial charge < -0.3 is 14.9 Å². The van der Waals surface area contributed by atoms with E-state index in [0.29, 0.717) is 18.0 Å². The fourth-order valence-electron chi connectivity index (χ4n) is 3.81. The molecule has 37 heavy (non-hydrogen) atoms. The lowest BCUT2D eigenvalue weighted by atomic mass is 10.1. The molecule has 4 rings (SSSR count). The molecular weight excluding hydrogens is 468 g/mol. The minimum Gasteiger partial charge on any atom is -0.490 e. The highest BCUT2D eigenvalue weighted by Crippen LogP contribution is 2.22. The van der Waals surface area contributed by atoms with Crippen molar-refractivity contribution in [2.75, 3.05) is 20.3 Å². The summed E-state index contributed by atoms with van der Waals surface area (Å²) in [7, 11) is 1.67. The van der Waals surface area contributed by atoms with Crippen molar-refractivity contribution in [2.24, 2.45) is 4.99 Å². The van der Waals surface area contributed by atoms with E-state index < -0.39 is 6.10 Å². The van der Waals surface area contributed by atoms with Gasteiger partial charge in [0.1, 0.15) is 24.0 Å². The van der Waals surface area contributed by atoms with E-state index in [9.17, 15) is 9.90 Å². The molecule has 1 atom stereocenters. The van der Waals surface area contributed by atoms with Crippen LogP contribution in [-0.2, 0) is 11.3 Å². The van der Waals surface area contributed by atoms with Gasteiger partial charge in [0.25, 0.3) is 12.6 Å². The van der Waals surface area contributed by atoms with Crippen LogP contribution in [0.5, 0.6) is 0 Å². The summed E-state index contributed by atoms with van der Waals surface area (Å²) in [5.41, 5.74) is 4.84. The number of aliphatic hydroxyl groups excluding tert-OH is 2. The standard InChI is InChI=1S/C29H29N4O4/c1-30-16-21-6-4-9-24(14-21)28-12-13-29(36)33(32-28)18-22-7-5-8-23(15-22)27-11-3-2-10-26(17-31-27)37-20-25(35)19-34/h4-15,17,25,34-35H,2-3,18-20H2,1H3/q+1. The van der Waals surface area contributed by atoms with Gasteiger partial charge >= 0.3 is 6.07 Å². The number of aliphatic imine (C=N–C) groups is 1. The van der Waals surface area contributed by atoms with E-state index in [1.54, 1.807) is 19.3 Å². The van der Waals surface area contributed by atoms with Crippen molar-refractivity contribution < 1.29 is 14.9 Å². The van der Waals surface area contributed by atoms with Crippen molar-refractivity contribution >= 4 is 11.9 Å². The van der Waals surface area contributed by atoms with E-state index >= 15 is 0 Å². The van der Waals surface area contributed by atoms with E-state index in [1.807, 2.05) is 54.6 Å². The van der Waals surface area contributed by atoms with Crippen LogP contribution in [0, 0.1) is 6.07 Å². The third-order valence-corrected chi connectivity index (χ3v) is 5.65. The Morgan fingerprint density at radius 2 is 1.89 bits per heavy atom. The van der Waals surface area contributed by atoms with Gasteiger partial charge in [0, 0.05) is 17.2 Å². The quantitative estimate of drug-likeness (QED) is 0.494. The number of rotatable bonds is 8. The molecule has 8 heteroatoms. The number of hydrogen-bond acceptors (Lipinski definition) is 6. The molecule has 2 aromatic carbocycles. The van der Waals surface area contributed by atoms with Gasteiger partial charge in [-0.25, -0.2) is 4.68 Å². The number of ether oxygens (including phenoxy) is 1. The lowest BCUT2D eigenvalue weighted by molar-refractivity contribution is 0.0345. The molecule has 0 aliphatic carbocycles. The van der Waals surface area contributed by atoms with Crippen LogP contribution in [0.3, 0.4) is 0 Å². The van der Waals surface area contributed by atoms with Crippen LogP contribution in [0.1, 0.15) is 29.5 Å². The fraction of sp³-hybridized carbons (Fsp3) is 0.241. The van der Waals surface area contributed by atoms with E-state index in [4.69, 9.17) is 9.84 Å². The molecule has 0 spiro atoms. The molecule has 188 valence electrons. The second-order valence-corrected chi connectivity index (χ2v) is 8.51. The number of nitrogens with zero attached hydrogens (tertiary/aromatic N) is 4. The molecule has 0 saturated carbocycles. The van der Waals surface area contributed by atoms with Gasteiger partial charge in [-0.2, -0.15) is 5.10 Å². The molecule has 0 radical (unpaired) electrons. The molecule has 3 aromatic rings. The topological polar surface area (TPSA) is 101 Å². The highest BCUT2D eigenvalue weighted by molar-refractivity contribution is 5.83. The highest BCUT2D eigenvalue weighted by atomic mass is 16.5. The normalized spacial score (nSPS) is 13.9. The largest absolute Gasteiger partial charge is 0.490 e. The number of allylic oxidation sites excluding steroid dienone is 3. The van der Waals surface area contributed by atoms with E-state index in [0.717, 1.165) is 40.8 Å². The SMILES string of the molecule is C[N+]#Cc1cccc(-c2ccc(=O)n(Cc3cccc(C4=CCCC=C(OCC(O)CO)C=N4)c3)n2)c1. The Balaban J connectivity index is 1.54. The first-order chi connectivity index (χ1) is 18.1. The first-order valence-electron chi connectivity index (χ1n) is 12.0. The fourth-order valence-corrected chi connectivity index (χ4v) is 3.81. The summed E-state index contributed by atoms with van der Waals surface area (Å²) in [5.74, 6) is 0.550. The van der Waals surface area contributed by atoms with Gasteiger partial charge in [-0.1, -0.05) is 41.3 Å². The average Bonchev–Trinajstić information content (AvgIpc) is 2.90. The van der Waals surface area contributed by atoms with Crippen molar-refractivity contribution in [3.63, 3.8) is 0 Å². The molecule has 1 unspecified atom stereocenters. The van der Waals surface area contributed by atoms with Crippen molar-refractivity contribution in [3.05, 3.63) is 110 Å². The molecular formula is C29H29N4O4+. The third kappa shape index (κ3) is 7.10. The number of hydrogen-bond donors (Lipinski definition) is 2. The molecule has 0 fully saturated rings. The first-order valence-corrected chi connectivity index (χ1v) is 12.0. The monoisotopic (exact) mass is 497 g/mol. The Kier molecular flexibility index (Phi) is 8.76. The minimum absolute atomic E-state index is 0.00154. The number of aromatic nitrogens is 2. The summed E-state index contributed by atoms with van der Waals surface area (Å²) < 4.78 is 7.01.